The summed E-state index contributed by atoms with van der Waals surface area (Å²) in [4.78, 5) is 44.5. The second-order valence-corrected chi connectivity index (χ2v) is 9.19. The summed E-state index contributed by atoms with van der Waals surface area (Å²) in [6.45, 7) is 3.07. The van der Waals surface area contributed by atoms with Gasteiger partial charge in [0.25, 0.3) is 0 Å². The second kappa shape index (κ2) is 6.50. The zero-order valence-corrected chi connectivity index (χ0v) is 17.5. The molecular formula is C25H25N3O3. The lowest BCUT2D eigenvalue weighted by molar-refractivity contribution is -0.145. The quantitative estimate of drug-likeness (QED) is 0.782. The molecule has 6 nitrogen and oxygen atoms in total. The number of para-hydroxylation sites is 1. The van der Waals surface area contributed by atoms with Gasteiger partial charge < -0.3 is 5.32 Å². The molecule has 4 aliphatic heterocycles. The molecule has 1 spiro atoms. The Morgan fingerprint density at radius 1 is 1.03 bits per heavy atom. The van der Waals surface area contributed by atoms with Gasteiger partial charge in [-0.05, 0) is 43.9 Å². The number of anilines is 1. The van der Waals surface area contributed by atoms with Gasteiger partial charge in [0.2, 0.25) is 17.7 Å². The Bertz CT molecular complexity index is 1110. The molecule has 3 fully saturated rings. The summed E-state index contributed by atoms with van der Waals surface area (Å²) in [7, 11) is 0. The molecule has 4 heterocycles. The van der Waals surface area contributed by atoms with Crippen LogP contribution in [0.15, 0.2) is 48.5 Å². The molecule has 3 saturated heterocycles. The van der Waals surface area contributed by atoms with Crippen LogP contribution in [0.4, 0.5) is 5.69 Å². The van der Waals surface area contributed by atoms with Gasteiger partial charge in [0, 0.05) is 23.8 Å². The Morgan fingerprint density at radius 2 is 1.84 bits per heavy atom. The number of rotatable bonds is 3. The molecule has 1 N–H and O–H groups in total. The van der Waals surface area contributed by atoms with E-state index in [0.717, 1.165) is 41.8 Å². The zero-order valence-electron chi connectivity index (χ0n) is 17.5. The lowest BCUT2D eigenvalue weighted by Crippen LogP contribution is -2.54. The van der Waals surface area contributed by atoms with E-state index in [9.17, 15) is 14.4 Å². The Morgan fingerprint density at radius 3 is 2.65 bits per heavy atom. The van der Waals surface area contributed by atoms with Crippen molar-refractivity contribution in [1.29, 1.82) is 0 Å². The van der Waals surface area contributed by atoms with Crippen LogP contribution in [-0.2, 0) is 26.3 Å². The zero-order chi connectivity index (χ0) is 21.3. The number of nitrogens with one attached hydrogen (secondary N) is 1. The molecule has 4 aliphatic rings. The number of hydrogen-bond acceptors (Lipinski definition) is 4. The highest BCUT2D eigenvalue weighted by atomic mass is 16.2. The summed E-state index contributed by atoms with van der Waals surface area (Å²) < 4.78 is 0. The number of carbonyl (C=O) groups excluding carboxylic acids is 3. The van der Waals surface area contributed by atoms with Gasteiger partial charge in [-0.1, -0.05) is 48.5 Å². The number of carbonyl (C=O) groups is 3. The normalized spacial score (nSPS) is 31.3. The van der Waals surface area contributed by atoms with E-state index >= 15 is 0 Å². The third kappa shape index (κ3) is 2.28. The molecule has 2 aromatic rings. The van der Waals surface area contributed by atoms with Crippen LogP contribution in [0.25, 0.3) is 0 Å². The summed E-state index contributed by atoms with van der Waals surface area (Å²) in [5.74, 6) is -1.53. The van der Waals surface area contributed by atoms with Gasteiger partial charge in [0.15, 0.2) is 0 Å². The predicted molar refractivity (Wildman–Crippen MR) is 115 cm³/mol. The van der Waals surface area contributed by atoms with E-state index in [1.165, 1.54) is 4.90 Å². The van der Waals surface area contributed by atoms with Crippen molar-refractivity contribution in [3.63, 3.8) is 0 Å². The predicted octanol–water partition coefficient (Wildman–Crippen LogP) is 2.46. The van der Waals surface area contributed by atoms with Gasteiger partial charge in [-0.3, -0.25) is 24.2 Å². The molecule has 0 radical (unpaired) electrons. The van der Waals surface area contributed by atoms with E-state index in [1.54, 1.807) is 0 Å². The molecule has 2 aromatic carbocycles. The van der Waals surface area contributed by atoms with Crippen molar-refractivity contribution in [1.82, 2.24) is 9.80 Å². The highest BCUT2D eigenvalue weighted by molar-refractivity contribution is 6.15. The van der Waals surface area contributed by atoms with Gasteiger partial charge in [0.1, 0.15) is 5.54 Å². The summed E-state index contributed by atoms with van der Waals surface area (Å²) in [5, 5.41) is 3.07. The molecule has 0 aliphatic carbocycles. The highest BCUT2D eigenvalue weighted by Gasteiger charge is 2.74. The van der Waals surface area contributed by atoms with Crippen LogP contribution < -0.4 is 5.32 Å². The average molecular weight is 415 g/mol. The Labute approximate surface area is 181 Å². The van der Waals surface area contributed by atoms with Crippen molar-refractivity contribution in [3.8, 4) is 0 Å². The van der Waals surface area contributed by atoms with Gasteiger partial charge >= 0.3 is 0 Å². The fourth-order valence-corrected chi connectivity index (χ4v) is 6.54. The van der Waals surface area contributed by atoms with E-state index < -0.39 is 17.4 Å². The monoisotopic (exact) mass is 415 g/mol. The average Bonchev–Trinajstić information content (AvgIpc) is 3.47. The fraction of sp³-hybridized carbons (Fsp3) is 0.400. The van der Waals surface area contributed by atoms with Crippen molar-refractivity contribution >= 4 is 23.4 Å². The van der Waals surface area contributed by atoms with E-state index in [1.807, 2.05) is 55.5 Å². The maximum atomic E-state index is 13.7. The lowest BCUT2D eigenvalue weighted by atomic mass is 9.75. The van der Waals surface area contributed by atoms with Crippen molar-refractivity contribution in [2.75, 3.05) is 18.4 Å². The summed E-state index contributed by atoms with van der Waals surface area (Å²) in [5.41, 5.74) is 2.68. The summed E-state index contributed by atoms with van der Waals surface area (Å²) in [6.07, 6.45) is 2.42. The van der Waals surface area contributed by atoms with Crippen LogP contribution in [0.2, 0.25) is 0 Å². The van der Waals surface area contributed by atoms with Crippen LogP contribution in [0.3, 0.4) is 0 Å². The number of aryl methyl sites for hydroxylation is 1. The Kier molecular flexibility index (Phi) is 3.93. The number of imide groups is 1. The minimum Gasteiger partial charge on any atom is -0.324 e. The van der Waals surface area contributed by atoms with Crippen molar-refractivity contribution in [2.24, 2.45) is 11.8 Å². The third-order valence-corrected chi connectivity index (χ3v) is 7.79. The third-order valence-electron chi connectivity index (χ3n) is 7.79. The molecular weight excluding hydrogens is 390 g/mol. The van der Waals surface area contributed by atoms with Gasteiger partial charge in [-0.25, -0.2) is 0 Å². The van der Waals surface area contributed by atoms with Crippen molar-refractivity contribution < 1.29 is 14.4 Å². The lowest BCUT2D eigenvalue weighted by Gasteiger charge is -2.36. The maximum absolute atomic E-state index is 13.7. The number of nitrogens with zero attached hydrogens (tertiary/aromatic N) is 2. The molecule has 6 heteroatoms. The molecule has 6 rings (SSSR count). The molecule has 0 saturated carbocycles. The van der Waals surface area contributed by atoms with Crippen LogP contribution in [0.1, 0.15) is 29.5 Å². The molecule has 31 heavy (non-hydrogen) atoms. The van der Waals surface area contributed by atoms with Gasteiger partial charge in [-0.2, -0.15) is 0 Å². The molecule has 4 atom stereocenters. The van der Waals surface area contributed by atoms with E-state index in [-0.39, 0.29) is 23.8 Å². The first-order valence-electron chi connectivity index (χ1n) is 11.1. The largest absolute Gasteiger partial charge is 0.324 e. The Hall–Kier alpha value is -2.99. The van der Waals surface area contributed by atoms with Crippen molar-refractivity contribution in [3.05, 3.63) is 65.2 Å². The minimum atomic E-state index is -1.07. The topological polar surface area (TPSA) is 69.7 Å². The molecule has 0 aromatic heterocycles. The first-order chi connectivity index (χ1) is 15.0. The number of fused-ring (bicyclic) bond motifs is 7. The number of hydrogen-bond donors (Lipinski definition) is 1. The van der Waals surface area contributed by atoms with Crippen LogP contribution in [-0.4, -0.2) is 46.7 Å². The molecule has 4 unspecified atom stereocenters. The molecule has 158 valence electrons. The van der Waals surface area contributed by atoms with Crippen LogP contribution in [0.5, 0.6) is 0 Å². The van der Waals surface area contributed by atoms with Crippen molar-refractivity contribution in [2.45, 2.75) is 37.8 Å². The standard InChI is InChI=1S/C25H25N3O3/c1-15-7-5-10-17-21(15)26-24(31)25(17)20-19(18-11-6-13-28(18)25)22(29)27(23(20)30)14-12-16-8-3-2-4-9-16/h2-5,7-10,18-20H,6,11-14H2,1H3,(H,26,31). The first kappa shape index (κ1) is 18.8. The van der Waals surface area contributed by atoms with E-state index in [2.05, 4.69) is 10.2 Å². The fourth-order valence-electron chi connectivity index (χ4n) is 6.54. The van der Waals surface area contributed by atoms with Crippen LogP contribution in [0, 0.1) is 18.8 Å². The summed E-state index contributed by atoms with van der Waals surface area (Å²) in [6, 6.07) is 15.7. The highest BCUT2D eigenvalue weighted by Crippen LogP contribution is 2.60. The second-order valence-electron chi connectivity index (χ2n) is 9.19. The molecule has 0 bridgehead atoms. The van der Waals surface area contributed by atoms with E-state index in [0.29, 0.717) is 13.0 Å². The SMILES string of the molecule is Cc1cccc2c1NC(=O)C21C2C(=O)N(CCc3ccccc3)C(=O)C2C2CCCN21. The maximum Gasteiger partial charge on any atom is 0.250 e. The van der Waals surface area contributed by atoms with Crippen LogP contribution >= 0.6 is 0 Å². The molecule has 3 amide bonds. The van der Waals surface area contributed by atoms with E-state index in [4.69, 9.17) is 0 Å². The van der Waals surface area contributed by atoms with Gasteiger partial charge in [0.05, 0.1) is 11.8 Å². The first-order valence-corrected chi connectivity index (χ1v) is 11.1. The Balaban J connectivity index is 1.43. The summed E-state index contributed by atoms with van der Waals surface area (Å²) >= 11 is 0. The number of amides is 3. The van der Waals surface area contributed by atoms with Gasteiger partial charge in [-0.15, -0.1) is 0 Å². The smallest absolute Gasteiger partial charge is 0.250 e. The number of likely N-dealkylation sites (tertiary alicyclic amines) is 1. The minimum absolute atomic E-state index is 0.0552. The number of benzene rings is 2.